The molecule has 3 aliphatic heterocycles. The SMILES string of the molecule is CC[C@H]1C2CN3CCCCC3C(C)(C2)CN1CC. The van der Waals surface area contributed by atoms with E-state index < -0.39 is 0 Å². The van der Waals surface area contributed by atoms with Gasteiger partial charge in [-0.2, -0.15) is 0 Å². The van der Waals surface area contributed by atoms with Crippen LogP contribution in [-0.2, 0) is 0 Å². The number of nitrogens with zero attached hydrogens (tertiary/aromatic N) is 2. The van der Waals surface area contributed by atoms with Gasteiger partial charge in [0.15, 0.2) is 0 Å². The van der Waals surface area contributed by atoms with Crippen molar-refractivity contribution in [3.8, 4) is 0 Å². The molecule has 3 heterocycles. The van der Waals surface area contributed by atoms with Crippen molar-refractivity contribution in [2.24, 2.45) is 11.3 Å². The van der Waals surface area contributed by atoms with Gasteiger partial charge in [0, 0.05) is 25.2 Å². The van der Waals surface area contributed by atoms with Gasteiger partial charge in [-0.05, 0) is 50.1 Å². The summed E-state index contributed by atoms with van der Waals surface area (Å²) in [7, 11) is 0. The highest BCUT2D eigenvalue weighted by atomic mass is 15.3. The van der Waals surface area contributed by atoms with Crippen LogP contribution in [0, 0.1) is 11.3 Å². The molecule has 0 spiro atoms. The largest absolute Gasteiger partial charge is 0.300 e. The minimum Gasteiger partial charge on any atom is -0.300 e. The first kappa shape index (κ1) is 12.9. The third kappa shape index (κ3) is 1.92. The van der Waals surface area contributed by atoms with Crippen LogP contribution in [0.15, 0.2) is 0 Å². The maximum Gasteiger partial charge on any atom is 0.0161 e. The van der Waals surface area contributed by atoms with E-state index >= 15 is 0 Å². The summed E-state index contributed by atoms with van der Waals surface area (Å²) in [4.78, 5) is 5.65. The van der Waals surface area contributed by atoms with Crippen LogP contribution in [0.5, 0.6) is 0 Å². The van der Waals surface area contributed by atoms with Crippen molar-refractivity contribution in [3.05, 3.63) is 0 Å². The van der Waals surface area contributed by atoms with Crippen LogP contribution in [0.3, 0.4) is 0 Å². The van der Waals surface area contributed by atoms with Crippen molar-refractivity contribution in [1.82, 2.24) is 9.80 Å². The Morgan fingerprint density at radius 1 is 1.22 bits per heavy atom. The lowest BCUT2D eigenvalue weighted by Crippen LogP contribution is -2.66. The Balaban J connectivity index is 1.86. The van der Waals surface area contributed by atoms with E-state index in [-0.39, 0.29) is 0 Å². The van der Waals surface area contributed by atoms with E-state index in [1.165, 1.54) is 58.3 Å². The van der Waals surface area contributed by atoms with Gasteiger partial charge in [-0.3, -0.25) is 9.80 Å². The number of piperidine rings is 3. The average molecular weight is 250 g/mol. The van der Waals surface area contributed by atoms with Crippen molar-refractivity contribution < 1.29 is 0 Å². The van der Waals surface area contributed by atoms with Crippen LogP contribution in [0.1, 0.15) is 52.9 Å². The standard InChI is InChI=1S/C16H30N2/c1-4-14-13-10-16(3,12-17(14)5-2)15-8-6-7-9-18(15)11-13/h13-15H,4-12H2,1-3H3/t13?,14-,15?,16?/m0/s1. The predicted molar refractivity (Wildman–Crippen MR) is 76.8 cm³/mol. The maximum atomic E-state index is 2.85. The Morgan fingerprint density at radius 3 is 2.78 bits per heavy atom. The molecule has 0 amide bonds. The number of likely N-dealkylation sites (tertiary alicyclic amines) is 1. The summed E-state index contributed by atoms with van der Waals surface area (Å²) in [6, 6.07) is 1.74. The molecule has 3 fully saturated rings. The lowest BCUT2D eigenvalue weighted by molar-refractivity contribution is -0.110. The molecule has 0 radical (unpaired) electrons. The third-order valence-electron chi connectivity index (χ3n) is 6.02. The summed E-state index contributed by atoms with van der Waals surface area (Å²) < 4.78 is 0. The van der Waals surface area contributed by atoms with Crippen LogP contribution >= 0.6 is 0 Å². The van der Waals surface area contributed by atoms with Gasteiger partial charge in [-0.1, -0.05) is 27.2 Å². The predicted octanol–water partition coefficient (Wildman–Crippen LogP) is 2.98. The lowest BCUT2D eigenvalue weighted by Gasteiger charge is -2.61. The topological polar surface area (TPSA) is 6.48 Å². The number of rotatable bonds is 2. The van der Waals surface area contributed by atoms with Gasteiger partial charge < -0.3 is 0 Å². The van der Waals surface area contributed by atoms with Crippen LogP contribution in [0.2, 0.25) is 0 Å². The molecular formula is C16H30N2. The summed E-state index contributed by atoms with van der Waals surface area (Å²) in [5.41, 5.74) is 0.574. The van der Waals surface area contributed by atoms with Crippen LogP contribution in [0.4, 0.5) is 0 Å². The van der Waals surface area contributed by atoms with Gasteiger partial charge >= 0.3 is 0 Å². The molecule has 3 aliphatic rings. The highest BCUT2D eigenvalue weighted by Gasteiger charge is 2.51. The zero-order valence-electron chi connectivity index (χ0n) is 12.5. The third-order valence-corrected chi connectivity index (χ3v) is 6.02. The average Bonchev–Trinajstić information content (AvgIpc) is 2.38. The Bertz CT molecular complexity index is 303. The fraction of sp³-hybridized carbons (Fsp3) is 1.00. The van der Waals surface area contributed by atoms with Crippen molar-refractivity contribution in [3.63, 3.8) is 0 Å². The van der Waals surface area contributed by atoms with Crippen molar-refractivity contribution >= 4 is 0 Å². The molecule has 0 aromatic heterocycles. The second-order valence-corrected chi connectivity index (χ2v) is 7.16. The molecule has 3 rings (SSSR count). The van der Waals surface area contributed by atoms with E-state index in [1.54, 1.807) is 0 Å². The molecule has 2 heteroatoms. The second kappa shape index (κ2) is 4.79. The van der Waals surface area contributed by atoms with Crippen LogP contribution < -0.4 is 0 Å². The van der Waals surface area contributed by atoms with E-state index in [0.717, 1.165) is 18.0 Å². The first-order valence-corrected chi connectivity index (χ1v) is 8.16. The second-order valence-electron chi connectivity index (χ2n) is 7.16. The highest BCUT2D eigenvalue weighted by molar-refractivity contribution is 5.05. The first-order chi connectivity index (χ1) is 8.68. The number of hydrogen-bond donors (Lipinski definition) is 0. The zero-order chi connectivity index (χ0) is 12.8. The Hall–Kier alpha value is -0.0800. The minimum atomic E-state index is 0.574. The molecule has 2 bridgehead atoms. The monoisotopic (exact) mass is 250 g/mol. The van der Waals surface area contributed by atoms with Crippen molar-refractivity contribution in [2.75, 3.05) is 26.2 Å². The molecular weight excluding hydrogens is 220 g/mol. The molecule has 0 aliphatic carbocycles. The van der Waals surface area contributed by atoms with Crippen molar-refractivity contribution in [2.45, 2.75) is 65.0 Å². The van der Waals surface area contributed by atoms with Gasteiger partial charge in [0.05, 0.1) is 0 Å². The van der Waals surface area contributed by atoms with E-state index in [9.17, 15) is 0 Å². The quantitative estimate of drug-likeness (QED) is 0.743. The molecule has 0 N–H and O–H groups in total. The molecule has 2 nitrogen and oxygen atoms in total. The minimum absolute atomic E-state index is 0.574. The Kier molecular flexibility index (Phi) is 3.44. The molecule has 0 aromatic carbocycles. The molecule has 4 atom stereocenters. The van der Waals surface area contributed by atoms with Gasteiger partial charge in [0.25, 0.3) is 0 Å². The molecule has 18 heavy (non-hydrogen) atoms. The van der Waals surface area contributed by atoms with Crippen molar-refractivity contribution in [1.29, 1.82) is 0 Å². The summed E-state index contributed by atoms with van der Waals surface area (Å²) in [5, 5.41) is 0. The van der Waals surface area contributed by atoms with E-state index in [1.807, 2.05) is 0 Å². The summed E-state index contributed by atoms with van der Waals surface area (Å²) in [5.74, 6) is 0.933. The smallest absolute Gasteiger partial charge is 0.0161 e. The molecule has 0 saturated carbocycles. The Morgan fingerprint density at radius 2 is 2.06 bits per heavy atom. The van der Waals surface area contributed by atoms with Crippen LogP contribution in [-0.4, -0.2) is 48.1 Å². The summed E-state index contributed by atoms with van der Waals surface area (Å²) in [6.45, 7) is 12.7. The molecule has 104 valence electrons. The van der Waals surface area contributed by atoms with Gasteiger partial charge in [-0.15, -0.1) is 0 Å². The molecule has 3 saturated heterocycles. The fourth-order valence-electron chi connectivity index (χ4n) is 5.34. The van der Waals surface area contributed by atoms with Gasteiger partial charge in [0.1, 0.15) is 0 Å². The van der Waals surface area contributed by atoms with Gasteiger partial charge in [-0.25, -0.2) is 0 Å². The van der Waals surface area contributed by atoms with Crippen LogP contribution in [0.25, 0.3) is 0 Å². The summed E-state index contributed by atoms with van der Waals surface area (Å²) >= 11 is 0. The van der Waals surface area contributed by atoms with E-state index in [4.69, 9.17) is 0 Å². The normalized spacial score (nSPS) is 45.8. The van der Waals surface area contributed by atoms with E-state index in [2.05, 4.69) is 30.6 Å². The van der Waals surface area contributed by atoms with E-state index in [0.29, 0.717) is 5.41 Å². The maximum absolute atomic E-state index is 2.85. The lowest BCUT2D eigenvalue weighted by atomic mass is 9.63. The number of fused-ring (bicyclic) bond motifs is 4. The molecule has 3 unspecified atom stereocenters. The van der Waals surface area contributed by atoms with Gasteiger partial charge in [0.2, 0.25) is 0 Å². The fourth-order valence-corrected chi connectivity index (χ4v) is 5.34. The molecule has 0 aromatic rings. The zero-order valence-corrected chi connectivity index (χ0v) is 12.5. The highest BCUT2D eigenvalue weighted by Crippen LogP contribution is 2.48. The first-order valence-electron chi connectivity index (χ1n) is 8.16. The Labute approximate surface area is 113 Å². The number of hydrogen-bond acceptors (Lipinski definition) is 2. The summed E-state index contributed by atoms with van der Waals surface area (Å²) in [6.07, 6.45) is 7.19.